The van der Waals surface area contributed by atoms with E-state index in [-0.39, 0.29) is 17.3 Å². The average molecular weight is 296 g/mol. The highest BCUT2D eigenvalue weighted by Crippen LogP contribution is 2.23. The van der Waals surface area contributed by atoms with Crippen molar-refractivity contribution in [3.63, 3.8) is 0 Å². The molecule has 1 heterocycles. The lowest BCUT2D eigenvalue weighted by Gasteiger charge is -2.07. The average Bonchev–Trinajstić information content (AvgIpc) is 2.41. The monoisotopic (exact) mass is 295 g/mol. The number of aromatic nitrogens is 3. The van der Waals surface area contributed by atoms with E-state index in [9.17, 15) is 0 Å². The van der Waals surface area contributed by atoms with E-state index in [1.165, 1.54) is 0 Å². The Balaban J connectivity index is 2.12. The molecule has 0 aliphatic carbocycles. The molecule has 1 aromatic heterocycles. The largest absolute Gasteiger partial charge is 0.494 e. The van der Waals surface area contributed by atoms with Gasteiger partial charge in [0.25, 0.3) is 0 Å². The third kappa shape index (κ3) is 3.96. The molecule has 0 spiro atoms. The van der Waals surface area contributed by atoms with Crippen LogP contribution in [0.1, 0.15) is 13.8 Å². The van der Waals surface area contributed by atoms with Gasteiger partial charge in [-0.3, -0.25) is 0 Å². The molecule has 1 aromatic carbocycles. The molecular formula is C13H14ClN3O3. The smallest absolute Gasteiger partial charge is 0.329 e. The van der Waals surface area contributed by atoms with Gasteiger partial charge in [0.15, 0.2) is 0 Å². The summed E-state index contributed by atoms with van der Waals surface area (Å²) in [5.41, 5.74) is 0. The summed E-state index contributed by atoms with van der Waals surface area (Å²) >= 11 is 5.78. The van der Waals surface area contributed by atoms with Gasteiger partial charge in [-0.2, -0.15) is 9.97 Å². The Morgan fingerprint density at radius 1 is 0.850 bits per heavy atom. The van der Waals surface area contributed by atoms with Crippen LogP contribution in [0, 0.1) is 0 Å². The fourth-order valence-electron chi connectivity index (χ4n) is 1.43. The number of hydrogen-bond acceptors (Lipinski definition) is 6. The van der Waals surface area contributed by atoms with Crippen molar-refractivity contribution in [2.45, 2.75) is 13.8 Å². The van der Waals surface area contributed by atoms with Crippen LogP contribution in [-0.2, 0) is 0 Å². The summed E-state index contributed by atoms with van der Waals surface area (Å²) in [7, 11) is 0. The zero-order chi connectivity index (χ0) is 14.4. The minimum atomic E-state index is 0.0180. The number of benzene rings is 1. The predicted octanol–water partition coefficient (Wildman–Crippen LogP) is 3.11. The van der Waals surface area contributed by atoms with E-state index in [0.717, 1.165) is 5.75 Å². The minimum absolute atomic E-state index is 0.0180. The van der Waals surface area contributed by atoms with Gasteiger partial charge in [0.1, 0.15) is 11.5 Å². The first-order valence-electron chi connectivity index (χ1n) is 6.16. The van der Waals surface area contributed by atoms with E-state index in [2.05, 4.69) is 15.0 Å². The van der Waals surface area contributed by atoms with Crippen LogP contribution in [0.2, 0.25) is 5.28 Å². The summed E-state index contributed by atoms with van der Waals surface area (Å²) in [6.45, 7) is 4.79. The third-order valence-electron chi connectivity index (χ3n) is 2.18. The molecule has 0 aliphatic rings. The molecule has 20 heavy (non-hydrogen) atoms. The molecule has 0 bridgehead atoms. The summed E-state index contributed by atoms with van der Waals surface area (Å²) in [5, 5.41) is 0.0180. The Morgan fingerprint density at radius 2 is 1.45 bits per heavy atom. The van der Waals surface area contributed by atoms with Crippen molar-refractivity contribution in [1.82, 2.24) is 15.0 Å². The normalized spacial score (nSPS) is 10.2. The molecule has 0 amide bonds. The van der Waals surface area contributed by atoms with Crippen LogP contribution >= 0.6 is 11.6 Å². The molecule has 0 saturated carbocycles. The molecule has 7 heteroatoms. The number of halogens is 1. The van der Waals surface area contributed by atoms with Gasteiger partial charge in [-0.25, -0.2) is 0 Å². The molecule has 0 fully saturated rings. The molecule has 106 valence electrons. The number of hydrogen-bond donors (Lipinski definition) is 0. The minimum Gasteiger partial charge on any atom is -0.494 e. The van der Waals surface area contributed by atoms with Gasteiger partial charge in [-0.1, -0.05) is 0 Å². The summed E-state index contributed by atoms with van der Waals surface area (Å²) in [6.07, 6.45) is 0. The van der Waals surface area contributed by atoms with Gasteiger partial charge in [-0.15, -0.1) is 4.98 Å². The Morgan fingerprint density at radius 3 is 2.10 bits per heavy atom. The first-order valence-corrected chi connectivity index (χ1v) is 6.54. The highest BCUT2D eigenvalue weighted by atomic mass is 35.5. The fraction of sp³-hybridized carbons (Fsp3) is 0.308. The molecular weight excluding hydrogens is 282 g/mol. The van der Waals surface area contributed by atoms with Crippen molar-refractivity contribution in [3.05, 3.63) is 29.5 Å². The second-order valence-electron chi connectivity index (χ2n) is 3.61. The Kier molecular flexibility index (Phi) is 4.95. The lowest BCUT2D eigenvalue weighted by atomic mass is 10.3. The summed E-state index contributed by atoms with van der Waals surface area (Å²) in [6, 6.07) is 7.31. The number of nitrogens with zero attached hydrogens (tertiary/aromatic N) is 3. The van der Waals surface area contributed by atoms with Gasteiger partial charge in [0, 0.05) is 0 Å². The highest BCUT2D eigenvalue weighted by molar-refractivity contribution is 6.28. The van der Waals surface area contributed by atoms with Crippen LogP contribution in [0.15, 0.2) is 24.3 Å². The van der Waals surface area contributed by atoms with E-state index < -0.39 is 0 Å². The van der Waals surface area contributed by atoms with E-state index in [1.807, 2.05) is 13.8 Å². The SMILES string of the molecule is CCOc1ccc(Oc2nc(Cl)nc(OCC)n2)cc1. The van der Waals surface area contributed by atoms with Gasteiger partial charge in [0.2, 0.25) is 5.28 Å². The summed E-state index contributed by atoms with van der Waals surface area (Å²) in [4.78, 5) is 11.7. The summed E-state index contributed by atoms with van der Waals surface area (Å²) < 4.78 is 16.0. The maximum Gasteiger partial charge on any atom is 0.329 e. The molecule has 0 atom stereocenters. The molecule has 2 aromatic rings. The van der Waals surface area contributed by atoms with Crippen LogP contribution in [0.3, 0.4) is 0 Å². The second kappa shape index (κ2) is 6.91. The van der Waals surface area contributed by atoms with Crippen LogP contribution < -0.4 is 14.2 Å². The van der Waals surface area contributed by atoms with E-state index in [0.29, 0.717) is 19.0 Å². The second-order valence-corrected chi connectivity index (χ2v) is 3.95. The molecule has 0 unspecified atom stereocenters. The Labute approximate surface area is 121 Å². The van der Waals surface area contributed by atoms with Crippen LogP contribution in [0.4, 0.5) is 0 Å². The van der Waals surface area contributed by atoms with Gasteiger partial charge in [0.05, 0.1) is 13.2 Å². The molecule has 0 N–H and O–H groups in total. The van der Waals surface area contributed by atoms with Crippen LogP contribution in [0.25, 0.3) is 0 Å². The maximum atomic E-state index is 5.78. The van der Waals surface area contributed by atoms with Crippen LogP contribution in [-0.4, -0.2) is 28.2 Å². The molecule has 0 saturated heterocycles. The first kappa shape index (κ1) is 14.3. The highest BCUT2D eigenvalue weighted by Gasteiger charge is 2.08. The Hall–Kier alpha value is -2.08. The van der Waals surface area contributed by atoms with Crippen molar-refractivity contribution in [3.8, 4) is 23.5 Å². The number of rotatable bonds is 6. The summed E-state index contributed by atoms with van der Waals surface area (Å²) in [5.74, 6) is 1.33. The molecule has 0 radical (unpaired) electrons. The first-order chi connectivity index (χ1) is 9.71. The van der Waals surface area contributed by atoms with Crippen LogP contribution in [0.5, 0.6) is 23.5 Å². The predicted molar refractivity (Wildman–Crippen MR) is 73.7 cm³/mol. The quantitative estimate of drug-likeness (QED) is 0.816. The molecule has 0 aliphatic heterocycles. The molecule has 6 nitrogen and oxygen atoms in total. The van der Waals surface area contributed by atoms with Crippen molar-refractivity contribution in [1.29, 1.82) is 0 Å². The van der Waals surface area contributed by atoms with Crippen molar-refractivity contribution >= 4 is 11.6 Å². The lowest BCUT2D eigenvalue weighted by Crippen LogP contribution is -2.01. The third-order valence-corrected chi connectivity index (χ3v) is 2.35. The van der Waals surface area contributed by atoms with Gasteiger partial charge >= 0.3 is 12.0 Å². The number of ether oxygens (including phenoxy) is 3. The van der Waals surface area contributed by atoms with Crippen molar-refractivity contribution in [2.24, 2.45) is 0 Å². The zero-order valence-electron chi connectivity index (χ0n) is 11.2. The Bertz CT molecular complexity index is 563. The lowest BCUT2D eigenvalue weighted by molar-refractivity contribution is 0.303. The van der Waals surface area contributed by atoms with Crippen molar-refractivity contribution < 1.29 is 14.2 Å². The van der Waals surface area contributed by atoms with E-state index in [1.54, 1.807) is 24.3 Å². The topological polar surface area (TPSA) is 66.4 Å². The van der Waals surface area contributed by atoms with E-state index in [4.69, 9.17) is 25.8 Å². The van der Waals surface area contributed by atoms with Gasteiger partial charge in [-0.05, 0) is 49.7 Å². The zero-order valence-corrected chi connectivity index (χ0v) is 11.9. The van der Waals surface area contributed by atoms with Crippen molar-refractivity contribution in [2.75, 3.05) is 13.2 Å². The standard InChI is InChI=1S/C13H14ClN3O3/c1-3-18-9-5-7-10(8-6-9)20-13-16-11(14)15-12(17-13)19-4-2/h5-8H,3-4H2,1-2H3. The fourth-order valence-corrected chi connectivity index (χ4v) is 1.57. The maximum absolute atomic E-state index is 5.78. The van der Waals surface area contributed by atoms with Gasteiger partial charge < -0.3 is 14.2 Å². The molecule has 2 rings (SSSR count). The van der Waals surface area contributed by atoms with E-state index >= 15 is 0 Å².